The fourth-order valence-corrected chi connectivity index (χ4v) is 1.57. The summed E-state index contributed by atoms with van der Waals surface area (Å²) in [6.07, 6.45) is 2.83. The molecule has 6 N–H and O–H groups in total. The van der Waals surface area contributed by atoms with Gasteiger partial charge < -0.3 is 29.7 Å². The molecule has 0 aliphatic heterocycles. The van der Waals surface area contributed by atoms with Crippen molar-refractivity contribution in [3.05, 3.63) is 34.8 Å². The molecule has 0 spiro atoms. The standard InChI is InChI=1S/C6H7BClNO3.C6H6ClNO2.CH4O.H2O2/c1-12-4-2-5(7(10)11)6(8)9-3-4;1-10-4-2-5(9)6(7)8-3-4;2*1-2/h2-3,10-11H,1H3;2-3,9H,1H3;2H,1H3;1-2H. The van der Waals surface area contributed by atoms with Gasteiger partial charge in [-0.3, -0.25) is 10.5 Å². The summed E-state index contributed by atoms with van der Waals surface area (Å²) in [5.41, 5.74) is 0.135. The van der Waals surface area contributed by atoms with E-state index in [1.165, 1.54) is 38.7 Å². The summed E-state index contributed by atoms with van der Waals surface area (Å²) in [6, 6.07) is 2.81. The van der Waals surface area contributed by atoms with Gasteiger partial charge in [0, 0.05) is 18.6 Å². The predicted octanol–water partition coefficient (Wildman–Crippen LogP) is 0.498. The lowest BCUT2D eigenvalue weighted by Gasteiger charge is -2.04. The largest absolute Gasteiger partial charge is 0.505 e. The maximum absolute atomic E-state index is 8.96. The number of aliphatic hydroxyl groups is 1. The Kier molecular flexibility index (Phi) is 15.6. The lowest BCUT2D eigenvalue weighted by atomic mass is 9.81. The highest BCUT2D eigenvalue weighted by molar-refractivity contribution is 6.62. The zero-order valence-corrected chi connectivity index (χ0v) is 15.5. The van der Waals surface area contributed by atoms with Crippen molar-refractivity contribution in [2.24, 2.45) is 0 Å². The highest BCUT2D eigenvalue weighted by Gasteiger charge is 2.16. The fourth-order valence-electron chi connectivity index (χ4n) is 1.27. The van der Waals surface area contributed by atoms with Crippen molar-refractivity contribution in [3.8, 4) is 17.2 Å². The van der Waals surface area contributed by atoms with Crippen LogP contribution in [0.4, 0.5) is 0 Å². The van der Waals surface area contributed by atoms with Crippen LogP contribution in [0.25, 0.3) is 0 Å². The number of aromatic hydroxyl groups is 1. The number of ether oxygens (including phenoxy) is 2. The van der Waals surface area contributed by atoms with E-state index in [-0.39, 0.29) is 21.5 Å². The third-order valence-electron chi connectivity index (χ3n) is 2.39. The monoisotopic (exact) mass is 412 g/mol. The van der Waals surface area contributed by atoms with Crippen LogP contribution < -0.4 is 14.9 Å². The molecular weight excluding hydrogens is 394 g/mol. The number of aliphatic hydroxyl groups excluding tert-OH is 1. The number of methoxy groups -OCH3 is 2. The molecule has 0 unspecified atom stereocenters. The lowest BCUT2D eigenvalue weighted by molar-refractivity contribution is -0.176. The van der Waals surface area contributed by atoms with Crippen LogP contribution in [-0.4, -0.2) is 69.2 Å². The van der Waals surface area contributed by atoms with Gasteiger partial charge in [-0.1, -0.05) is 23.2 Å². The molecule has 0 aliphatic carbocycles. The van der Waals surface area contributed by atoms with Crippen molar-refractivity contribution in [2.45, 2.75) is 0 Å². The zero-order valence-electron chi connectivity index (χ0n) is 14.0. The average molecular weight is 413 g/mol. The molecular formula is C13H19BCl2N2O8. The van der Waals surface area contributed by atoms with Crippen LogP contribution in [0.15, 0.2) is 24.5 Å². The van der Waals surface area contributed by atoms with Gasteiger partial charge in [0.1, 0.15) is 16.7 Å². The molecule has 0 saturated carbocycles. The van der Waals surface area contributed by atoms with Gasteiger partial charge in [0.2, 0.25) is 0 Å². The highest BCUT2D eigenvalue weighted by Crippen LogP contribution is 2.23. The van der Waals surface area contributed by atoms with E-state index in [0.29, 0.717) is 11.5 Å². The van der Waals surface area contributed by atoms with E-state index in [1.54, 1.807) is 0 Å². The summed E-state index contributed by atoms with van der Waals surface area (Å²) in [5, 5.41) is 45.7. The van der Waals surface area contributed by atoms with Crippen LogP contribution in [0, 0.1) is 0 Å². The molecule has 13 heteroatoms. The normalized spacial score (nSPS) is 8.54. The Labute approximate surface area is 159 Å². The SMILES string of the molecule is CO.COc1cnc(Cl)c(B(O)O)c1.COc1cnc(Cl)c(O)c1.OO. The van der Waals surface area contributed by atoms with Crippen molar-refractivity contribution in [1.82, 2.24) is 9.97 Å². The molecule has 146 valence electrons. The van der Waals surface area contributed by atoms with Crippen LogP contribution in [-0.2, 0) is 0 Å². The molecule has 0 amide bonds. The fraction of sp³-hybridized carbons (Fsp3) is 0.231. The number of aromatic nitrogens is 2. The summed E-state index contributed by atoms with van der Waals surface area (Å²) >= 11 is 11.0. The van der Waals surface area contributed by atoms with Gasteiger partial charge in [0.05, 0.1) is 26.6 Å². The van der Waals surface area contributed by atoms with E-state index in [2.05, 4.69) is 9.97 Å². The minimum Gasteiger partial charge on any atom is -0.505 e. The van der Waals surface area contributed by atoms with Crippen LogP contribution in [0.3, 0.4) is 0 Å². The van der Waals surface area contributed by atoms with E-state index in [1.807, 2.05) is 0 Å². The first kappa shape index (κ1) is 26.4. The lowest BCUT2D eigenvalue weighted by Crippen LogP contribution is -2.31. The van der Waals surface area contributed by atoms with Crippen LogP contribution in [0.1, 0.15) is 0 Å². The molecule has 0 radical (unpaired) electrons. The van der Waals surface area contributed by atoms with Gasteiger partial charge in [-0.25, -0.2) is 9.97 Å². The average Bonchev–Trinajstić information content (AvgIpc) is 2.68. The smallest absolute Gasteiger partial charge is 0.491 e. The Balaban J connectivity index is 0. The number of halogens is 2. The van der Waals surface area contributed by atoms with Gasteiger partial charge in [0.25, 0.3) is 0 Å². The topological polar surface area (TPSA) is 166 Å². The first-order valence-electron chi connectivity index (χ1n) is 6.47. The maximum Gasteiger partial charge on any atom is 0.491 e. The number of hydrogen-bond donors (Lipinski definition) is 6. The number of nitrogens with zero attached hydrogens (tertiary/aromatic N) is 2. The Hall–Kier alpha value is -1.86. The summed E-state index contributed by atoms with van der Waals surface area (Å²) in [4.78, 5) is 7.33. The second kappa shape index (κ2) is 15.4. The Morgan fingerprint density at radius 1 is 0.885 bits per heavy atom. The molecule has 0 atom stereocenters. The van der Waals surface area contributed by atoms with Crippen molar-refractivity contribution in [3.63, 3.8) is 0 Å². The van der Waals surface area contributed by atoms with Crippen molar-refractivity contribution < 1.29 is 40.2 Å². The van der Waals surface area contributed by atoms with E-state index in [9.17, 15) is 0 Å². The van der Waals surface area contributed by atoms with E-state index < -0.39 is 7.12 Å². The van der Waals surface area contributed by atoms with Gasteiger partial charge in [-0.15, -0.1) is 0 Å². The van der Waals surface area contributed by atoms with E-state index >= 15 is 0 Å². The van der Waals surface area contributed by atoms with Crippen LogP contribution in [0.5, 0.6) is 17.2 Å². The molecule has 0 aliphatic rings. The van der Waals surface area contributed by atoms with Crippen molar-refractivity contribution in [2.75, 3.05) is 21.3 Å². The number of rotatable bonds is 3. The minimum atomic E-state index is -1.62. The minimum absolute atomic E-state index is 0.0609. The zero-order chi connectivity index (χ0) is 20.7. The first-order chi connectivity index (χ1) is 12.4. The van der Waals surface area contributed by atoms with E-state index in [0.717, 1.165) is 7.11 Å². The van der Waals surface area contributed by atoms with Gasteiger partial charge in [-0.2, -0.15) is 0 Å². The molecule has 0 saturated heterocycles. The van der Waals surface area contributed by atoms with Crippen LogP contribution >= 0.6 is 23.2 Å². The Morgan fingerprint density at radius 3 is 1.69 bits per heavy atom. The molecule has 10 nitrogen and oxygen atoms in total. The van der Waals surface area contributed by atoms with Gasteiger partial charge in [-0.05, 0) is 6.07 Å². The van der Waals surface area contributed by atoms with Crippen LogP contribution in [0.2, 0.25) is 10.3 Å². The molecule has 0 fully saturated rings. The third kappa shape index (κ3) is 9.58. The molecule has 0 bridgehead atoms. The third-order valence-corrected chi connectivity index (χ3v) is 2.99. The second-order valence-corrected chi connectivity index (χ2v) is 4.53. The Morgan fingerprint density at radius 2 is 1.31 bits per heavy atom. The summed E-state index contributed by atoms with van der Waals surface area (Å²) < 4.78 is 9.59. The van der Waals surface area contributed by atoms with Gasteiger partial charge >= 0.3 is 7.12 Å². The summed E-state index contributed by atoms with van der Waals surface area (Å²) in [5.74, 6) is 0.852. The predicted molar refractivity (Wildman–Crippen MR) is 96.5 cm³/mol. The quantitative estimate of drug-likeness (QED) is 0.181. The van der Waals surface area contributed by atoms with Crippen molar-refractivity contribution >= 4 is 35.8 Å². The maximum atomic E-state index is 8.96. The molecule has 2 heterocycles. The van der Waals surface area contributed by atoms with Crippen molar-refractivity contribution in [1.29, 1.82) is 0 Å². The van der Waals surface area contributed by atoms with E-state index in [4.69, 9.17) is 63.5 Å². The molecule has 2 aromatic heterocycles. The molecule has 2 aromatic rings. The van der Waals surface area contributed by atoms with Gasteiger partial charge in [0.15, 0.2) is 10.9 Å². The second-order valence-electron chi connectivity index (χ2n) is 3.81. The molecule has 26 heavy (non-hydrogen) atoms. The molecule has 2 rings (SSSR count). The number of pyridine rings is 2. The molecule has 0 aromatic carbocycles. The summed E-state index contributed by atoms with van der Waals surface area (Å²) in [6.45, 7) is 0. The first-order valence-corrected chi connectivity index (χ1v) is 7.23. The highest BCUT2D eigenvalue weighted by atomic mass is 35.5. The Bertz CT molecular complexity index is 637. The summed E-state index contributed by atoms with van der Waals surface area (Å²) in [7, 11) is 2.32. The number of hydrogen-bond acceptors (Lipinski definition) is 10.